The Morgan fingerprint density at radius 2 is 1.96 bits per heavy atom. The summed E-state index contributed by atoms with van der Waals surface area (Å²) in [4.78, 5) is 15.2. The Morgan fingerprint density at radius 1 is 1.24 bits per heavy atom. The summed E-state index contributed by atoms with van der Waals surface area (Å²) < 4.78 is 25.7. The molecule has 2 bridgehead atoms. The summed E-state index contributed by atoms with van der Waals surface area (Å²) in [5.41, 5.74) is 0. The standard InChI is InChI=1S/C16H17FN4O2S2/c17-11-1-3-12(4-2-11)25(23)16-20-19-15(24-16)14(22)18-13-9-21-7-5-10(13)6-8-21/h1-4,10,13H,5-9H2,(H,18,22). The van der Waals surface area contributed by atoms with Gasteiger partial charge in [0, 0.05) is 17.5 Å². The molecule has 2 aromatic rings. The predicted molar refractivity (Wildman–Crippen MR) is 91.4 cm³/mol. The fraction of sp³-hybridized carbons (Fsp3) is 0.438. The first kappa shape index (κ1) is 16.7. The summed E-state index contributed by atoms with van der Waals surface area (Å²) in [5, 5.41) is 11.0. The summed E-state index contributed by atoms with van der Waals surface area (Å²) in [5.74, 6) is -0.135. The summed E-state index contributed by atoms with van der Waals surface area (Å²) in [7, 11) is -1.57. The van der Waals surface area contributed by atoms with Gasteiger partial charge in [0.25, 0.3) is 5.91 Å². The highest BCUT2D eigenvalue weighted by molar-refractivity contribution is 7.87. The molecule has 3 saturated heterocycles. The lowest BCUT2D eigenvalue weighted by molar-refractivity contribution is 0.0620. The van der Waals surface area contributed by atoms with Crippen LogP contribution in [0.3, 0.4) is 0 Å². The SMILES string of the molecule is O=C(NC1CN2CCC1CC2)c1nnc(S(=O)c2ccc(F)cc2)s1. The van der Waals surface area contributed by atoms with E-state index < -0.39 is 16.6 Å². The summed E-state index contributed by atoms with van der Waals surface area (Å²) in [6, 6.07) is 5.52. The molecule has 132 valence electrons. The Labute approximate surface area is 150 Å². The molecule has 2 atom stereocenters. The van der Waals surface area contributed by atoms with Crippen molar-refractivity contribution in [3.63, 3.8) is 0 Å². The number of carbonyl (C=O) groups excluding carboxylic acids is 1. The summed E-state index contributed by atoms with van der Waals surface area (Å²) in [6.45, 7) is 3.09. The van der Waals surface area contributed by atoms with Crippen molar-refractivity contribution in [3.05, 3.63) is 35.1 Å². The zero-order valence-electron chi connectivity index (χ0n) is 13.4. The quantitative estimate of drug-likeness (QED) is 0.873. The lowest BCUT2D eigenvalue weighted by Gasteiger charge is -2.44. The number of carbonyl (C=O) groups is 1. The molecule has 5 rings (SSSR count). The molecule has 9 heteroatoms. The zero-order valence-corrected chi connectivity index (χ0v) is 15.0. The molecular weight excluding hydrogens is 363 g/mol. The van der Waals surface area contributed by atoms with Crippen LogP contribution in [0.5, 0.6) is 0 Å². The smallest absolute Gasteiger partial charge is 0.282 e. The Balaban J connectivity index is 1.44. The normalized spacial score (nSPS) is 26.4. The minimum atomic E-state index is -1.57. The van der Waals surface area contributed by atoms with Crippen LogP contribution in [-0.4, -0.2) is 50.9 Å². The molecule has 1 N–H and O–H groups in total. The first-order chi connectivity index (χ1) is 12.1. The van der Waals surface area contributed by atoms with Crippen molar-refractivity contribution in [1.82, 2.24) is 20.4 Å². The lowest BCUT2D eigenvalue weighted by Crippen LogP contribution is -2.57. The number of fused-ring (bicyclic) bond motifs is 3. The Morgan fingerprint density at radius 3 is 2.60 bits per heavy atom. The lowest BCUT2D eigenvalue weighted by atomic mass is 9.84. The Bertz CT molecular complexity index is 803. The maximum absolute atomic E-state index is 13.0. The van der Waals surface area contributed by atoms with E-state index in [9.17, 15) is 13.4 Å². The van der Waals surface area contributed by atoms with E-state index in [2.05, 4.69) is 20.4 Å². The maximum Gasteiger partial charge on any atom is 0.282 e. The number of nitrogens with zero attached hydrogens (tertiary/aromatic N) is 3. The molecule has 3 fully saturated rings. The van der Waals surface area contributed by atoms with Crippen LogP contribution < -0.4 is 5.32 Å². The number of hydrogen-bond donors (Lipinski definition) is 1. The number of nitrogens with one attached hydrogen (secondary N) is 1. The molecule has 6 nitrogen and oxygen atoms in total. The van der Waals surface area contributed by atoms with Gasteiger partial charge in [-0.05, 0) is 56.1 Å². The predicted octanol–water partition coefficient (Wildman–Crippen LogP) is 1.67. The second-order valence-electron chi connectivity index (χ2n) is 6.31. The van der Waals surface area contributed by atoms with Crippen molar-refractivity contribution in [2.24, 2.45) is 5.92 Å². The van der Waals surface area contributed by atoms with E-state index in [1.54, 1.807) is 0 Å². The molecule has 3 aliphatic heterocycles. The van der Waals surface area contributed by atoms with Crippen LogP contribution in [0.15, 0.2) is 33.5 Å². The fourth-order valence-electron chi connectivity index (χ4n) is 3.39. The van der Waals surface area contributed by atoms with E-state index in [4.69, 9.17) is 0 Å². The molecule has 1 aromatic heterocycles. The van der Waals surface area contributed by atoms with Gasteiger partial charge in [-0.1, -0.05) is 11.3 Å². The third-order valence-corrected chi connectivity index (χ3v) is 7.28. The molecular formula is C16H17FN4O2S2. The third-order valence-electron chi connectivity index (χ3n) is 4.76. The van der Waals surface area contributed by atoms with Gasteiger partial charge in [0.05, 0.1) is 0 Å². The van der Waals surface area contributed by atoms with E-state index in [-0.39, 0.29) is 21.3 Å². The second-order valence-corrected chi connectivity index (χ2v) is 8.95. The van der Waals surface area contributed by atoms with Gasteiger partial charge < -0.3 is 10.2 Å². The molecule has 4 heterocycles. The molecule has 1 aromatic carbocycles. The number of amides is 1. The van der Waals surface area contributed by atoms with Crippen LogP contribution in [-0.2, 0) is 10.8 Å². The second kappa shape index (κ2) is 6.89. The Kier molecular flexibility index (Phi) is 4.61. The molecule has 0 spiro atoms. The third kappa shape index (κ3) is 3.49. The number of rotatable bonds is 4. The average Bonchev–Trinajstić information content (AvgIpc) is 3.13. The van der Waals surface area contributed by atoms with Gasteiger partial charge in [-0.3, -0.25) is 4.79 Å². The van der Waals surface area contributed by atoms with Crippen molar-refractivity contribution in [1.29, 1.82) is 0 Å². The maximum atomic E-state index is 13.0. The van der Waals surface area contributed by atoms with Gasteiger partial charge in [-0.15, -0.1) is 10.2 Å². The van der Waals surface area contributed by atoms with Crippen molar-refractivity contribution in [3.8, 4) is 0 Å². The van der Waals surface area contributed by atoms with Crippen LogP contribution in [0, 0.1) is 11.7 Å². The molecule has 2 unspecified atom stereocenters. The molecule has 3 aliphatic rings. The first-order valence-corrected chi connectivity index (χ1v) is 10.1. The van der Waals surface area contributed by atoms with Crippen LogP contribution in [0.25, 0.3) is 0 Å². The zero-order chi connectivity index (χ0) is 17.4. The number of halogens is 1. The first-order valence-electron chi connectivity index (χ1n) is 8.14. The van der Waals surface area contributed by atoms with Gasteiger partial charge in [0.1, 0.15) is 16.6 Å². The summed E-state index contributed by atoms with van der Waals surface area (Å²) >= 11 is 1.01. The van der Waals surface area contributed by atoms with Crippen LogP contribution in [0.1, 0.15) is 22.6 Å². The van der Waals surface area contributed by atoms with Gasteiger partial charge in [0.15, 0.2) is 0 Å². The van der Waals surface area contributed by atoms with E-state index in [1.165, 1.54) is 24.3 Å². The molecule has 0 saturated carbocycles. The number of aromatic nitrogens is 2. The van der Waals surface area contributed by atoms with Gasteiger partial charge in [0.2, 0.25) is 9.35 Å². The molecule has 0 aliphatic carbocycles. The van der Waals surface area contributed by atoms with Crippen molar-refractivity contribution in [2.75, 3.05) is 19.6 Å². The van der Waals surface area contributed by atoms with Crippen molar-refractivity contribution < 1.29 is 13.4 Å². The van der Waals surface area contributed by atoms with Gasteiger partial charge in [-0.2, -0.15) is 0 Å². The van der Waals surface area contributed by atoms with Crippen LogP contribution >= 0.6 is 11.3 Å². The van der Waals surface area contributed by atoms with E-state index in [1.807, 2.05) is 0 Å². The molecule has 1 amide bonds. The highest BCUT2D eigenvalue weighted by atomic mass is 32.2. The van der Waals surface area contributed by atoms with E-state index in [0.717, 1.165) is 43.8 Å². The highest BCUT2D eigenvalue weighted by Gasteiger charge is 2.35. The number of benzene rings is 1. The van der Waals surface area contributed by atoms with Crippen molar-refractivity contribution in [2.45, 2.75) is 28.1 Å². The summed E-state index contributed by atoms with van der Waals surface area (Å²) in [6.07, 6.45) is 2.22. The monoisotopic (exact) mass is 380 g/mol. The highest BCUT2D eigenvalue weighted by Crippen LogP contribution is 2.28. The minimum Gasteiger partial charge on any atom is -0.346 e. The van der Waals surface area contributed by atoms with Gasteiger partial charge in [-0.25, -0.2) is 8.60 Å². The fourth-order valence-corrected chi connectivity index (χ4v) is 5.40. The average molecular weight is 380 g/mol. The largest absolute Gasteiger partial charge is 0.346 e. The Hall–Kier alpha value is -1.71. The van der Waals surface area contributed by atoms with E-state index >= 15 is 0 Å². The number of hydrogen-bond acceptors (Lipinski definition) is 6. The van der Waals surface area contributed by atoms with Crippen LogP contribution in [0.4, 0.5) is 4.39 Å². The topological polar surface area (TPSA) is 75.2 Å². The number of piperidine rings is 3. The minimum absolute atomic E-state index is 0.143. The molecule has 0 radical (unpaired) electrons. The molecule has 25 heavy (non-hydrogen) atoms. The van der Waals surface area contributed by atoms with Gasteiger partial charge >= 0.3 is 0 Å². The van der Waals surface area contributed by atoms with Crippen molar-refractivity contribution >= 4 is 28.0 Å². The van der Waals surface area contributed by atoms with Crippen LogP contribution in [0.2, 0.25) is 0 Å². The van der Waals surface area contributed by atoms with E-state index in [0.29, 0.717) is 10.8 Å².